The molecule has 8 nitrogen and oxygen atoms in total. The molecule has 29 heavy (non-hydrogen) atoms. The molecule has 158 valence electrons. The summed E-state index contributed by atoms with van der Waals surface area (Å²) in [7, 11) is -3.78. The molecule has 0 atom stereocenters. The molecule has 2 fully saturated rings. The van der Waals surface area contributed by atoms with Gasteiger partial charge in [-0.15, -0.1) is 0 Å². The summed E-state index contributed by atoms with van der Waals surface area (Å²) in [5.74, 6) is -0.0302. The molecule has 1 aromatic heterocycles. The second kappa shape index (κ2) is 7.71. The standard InChI is InChI=1S/C20H26N2O6S/c1-13-12-16-15(3)17(20(23)21-4-8-26-9-5-21)28-18(16)19(14(13)2)29(24,25)22-6-10-27-11-7-22/h12H,4-11H2,1-3H3. The van der Waals surface area contributed by atoms with E-state index in [2.05, 4.69) is 0 Å². The molecule has 2 aromatic rings. The number of carbonyl (C=O) groups excluding carboxylic acids is 1. The Morgan fingerprint density at radius 1 is 0.931 bits per heavy atom. The van der Waals surface area contributed by atoms with Crippen LogP contribution in [-0.4, -0.2) is 76.1 Å². The monoisotopic (exact) mass is 422 g/mol. The lowest BCUT2D eigenvalue weighted by molar-refractivity contribution is 0.0283. The third-order valence-electron chi connectivity index (χ3n) is 5.75. The first-order chi connectivity index (χ1) is 13.8. The van der Waals surface area contributed by atoms with Gasteiger partial charge in [0.15, 0.2) is 11.3 Å². The van der Waals surface area contributed by atoms with Crippen LogP contribution in [0.4, 0.5) is 0 Å². The van der Waals surface area contributed by atoms with Crippen molar-refractivity contribution in [3.8, 4) is 0 Å². The molecule has 2 aliphatic heterocycles. The van der Waals surface area contributed by atoms with Crippen molar-refractivity contribution >= 4 is 26.9 Å². The smallest absolute Gasteiger partial charge is 0.290 e. The van der Waals surface area contributed by atoms with E-state index >= 15 is 0 Å². The zero-order chi connectivity index (χ0) is 20.8. The van der Waals surface area contributed by atoms with Crippen molar-refractivity contribution in [2.24, 2.45) is 0 Å². The predicted molar refractivity (Wildman–Crippen MR) is 107 cm³/mol. The summed E-state index contributed by atoms with van der Waals surface area (Å²) in [6, 6.07) is 1.90. The molecule has 4 rings (SSSR count). The number of ether oxygens (including phenoxy) is 2. The predicted octanol–water partition coefficient (Wildman–Crippen LogP) is 1.85. The Morgan fingerprint density at radius 2 is 1.52 bits per heavy atom. The maximum absolute atomic E-state index is 13.5. The first kappa shape index (κ1) is 20.3. The van der Waals surface area contributed by atoms with Crippen LogP contribution in [0, 0.1) is 20.8 Å². The summed E-state index contributed by atoms with van der Waals surface area (Å²) >= 11 is 0. The molecule has 1 amide bonds. The number of amides is 1. The van der Waals surface area contributed by atoms with Crippen molar-refractivity contribution in [3.05, 3.63) is 28.5 Å². The zero-order valence-corrected chi connectivity index (χ0v) is 17.8. The molecule has 0 unspecified atom stereocenters. The van der Waals surface area contributed by atoms with Gasteiger partial charge in [0.05, 0.1) is 26.4 Å². The summed E-state index contributed by atoms with van der Waals surface area (Å²) in [5, 5.41) is 0.663. The summed E-state index contributed by atoms with van der Waals surface area (Å²) in [4.78, 5) is 14.9. The van der Waals surface area contributed by atoms with E-state index in [1.54, 1.807) is 18.7 Å². The van der Waals surface area contributed by atoms with E-state index < -0.39 is 10.0 Å². The van der Waals surface area contributed by atoms with Crippen LogP contribution in [0.5, 0.6) is 0 Å². The Bertz CT molecular complexity index is 1050. The van der Waals surface area contributed by atoms with Gasteiger partial charge in [-0.3, -0.25) is 4.79 Å². The van der Waals surface area contributed by atoms with Crippen LogP contribution in [0.15, 0.2) is 15.4 Å². The maximum Gasteiger partial charge on any atom is 0.290 e. The molecule has 0 saturated carbocycles. The number of carbonyl (C=O) groups is 1. The minimum absolute atomic E-state index is 0.151. The lowest BCUT2D eigenvalue weighted by Gasteiger charge is -2.27. The number of furan rings is 1. The second-order valence-electron chi connectivity index (χ2n) is 7.50. The van der Waals surface area contributed by atoms with Crippen molar-refractivity contribution in [1.29, 1.82) is 0 Å². The Morgan fingerprint density at radius 3 is 2.14 bits per heavy atom. The molecule has 1 aromatic carbocycles. The van der Waals surface area contributed by atoms with Crippen molar-refractivity contribution in [1.82, 2.24) is 9.21 Å². The lowest BCUT2D eigenvalue weighted by atomic mass is 10.0. The number of morpholine rings is 2. The largest absolute Gasteiger partial charge is 0.449 e. The van der Waals surface area contributed by atoms with Gasteiger partial charge in [-0.25, -0.2) is 8.42 Å². The van der Waals surface area contributed by atoms with E-state index in [9.17, 15) is 13.2 Å². The van der Waals surface area contributed by atoms with E-state index in [0.717, 1.165) is 5.56 Å². The molecule has 2 saturated heterocycles. The Balaban J connectivity index is 1.86. The number of hydrogen-bond acceptors (Lipinski definition) is 6. The highest BCUT2D eigenvalue weighted by atomic mass is 32.2. The minimum atomic E-state index is -3.78. The third-order valence-corrected chi connectivity index (χ3v) is 7.81. The van der Waals surface area contributed by atoms with E-state index in [0.29, 0.717) is 69.1 Å². The van der Waals surface area contributed by atoms with Crippen molar-refractivity contribution in [2.45, 2.75) is 25.7 Å². The Kier molecular flexibility index (Phi) is 5.41. The van der Waals surface area contributed by atoms with Crippen LogP contribution in [0.3, 0.4) is 0 Å². The van der Waals surface area contributed by atoms with Crippen LogP contribution in [0.1, 0.15) is 27.2 Å². The molecule has 0 bridgehead atoms. The van der Waals surface area contributed by atoms with E-state index in [1.807, 2.05) is 13.0 Å². The number of fused-ring (bicyclic) bond motifs is 1. The fourth-order valence-corrected chi connectivity index (χ4v) is 5.71. The summed E-state index contributed by atoms with van der Waals surface area (Å²) in [6.45, 7) is 8.76. The van der Waals surface area contributed by atoms with Crippen molar-refractivity contribution in [3.63, 3.8) is 0 Å². The topological polar surface area (TPSA) is 89.3 Å². The Hall–Kier alpha value is -1.94. The van der Waals surface area contributed by atoms with Crippen LogP contribution in [0.2, 0.25) is 0 Å². The fraction of sp³-hybridized carbons (Fsp3) is 0.550. The number of rotatable bonds is 3. The molecule has 2 aliphatic rings. The van der Waals surface area contributed by atoms with Crippen molar-refractivity contribution in [2.75, 3.05) is 52.6 Å². The average Bonchev–Trinajstić information content (AvgIpc) is 3.05. The van der Waals surface area contributed by atoms with Gasteiger partial charge in [0.1, 0.15) is 4.90 Å². The molecule has 9 heteroatoms. The van der Waals surface area contributed by atoms with Crippen LogP contribution in [-0.2, 0) is 19.5 Å². The van der Waals surface area contributed by atoms with Gasteiger partial charge < -0.3 is 18.8 Å². The van der Waals surface area contributed by atoms with Gasteiger partial charge in [-0.1, -0.05) is 0 Å². The van der Waals surface area contributed by atoms with Crippen molar-refractivity contribution < 1.29 is 27.1 Å². The third kappa shape index (κ3) is 3.46. The fourth-order valence-electron chi connectivity index (χ4n) is 3.88. The highest BCUT2D eigenvalue weighted by molar-refractivity contribution is 7.89. The highest BCUT2D eigenvalue weighted by Crippen LogP contribution is 2.36. The molecule has 0 spiro atoms. The molecule has 3 heterocycles. The summed E-state index contributed by atoms with van der Waals surface area (Å²) in [6.07, 6.45) is 0. The lowest BCUT2D eigenvalue weighted by Crippen LogP contribution is -2.41. The summed E-state index contributed by atoms with van der Waals surface area (Å²) < 4.78 is 45.0. The SMILES string of the molecule is Cc1cc2c(C)c(C(=O)N3CCOCC3)oc2c(S(=O)(=O)N2CCOCC2)c1C. The van der Waals surface area contributed by atoms with Gasteiger partial charge in [-0.05, 0) is 38.0 Å². The van der Waals surface area contributed by atoms with E-state index in [1.165, 1.54) is 4.31 Å². The van der Waals surface area contributed by atoms with Gasteiger partial charge >= 0.3 is 0 Å². The number of nitrogens with zero attached hydrogens (tertiary/aromatic N) is 2. The summed E-state index contributed by atoms with van der Waals surface area (Å²) in [5.41, 5.74) is 2.41. The number of benzene rings is 1. The van der Waals surface area contributed by atoms with Crippen LogP contribution >= 0.6 is 0 Å². The molecule has 0 N–H and O–H groups in total. The van der Waals surface area contributed by atoms with E-state index in [-0.39, 0.29) is 22.1 Å². The van der Waals surface area contributed by atoms with E-state index in [4.69, 9.17) is 13.9 Å². The minimum Gasteiger partial charge on any atom is -0.449 e. The first-order valence-electron chi connectivity index (χ1n) is 9.80. The average molecular weight is 423 g/mol. The van der Waals surface area contributed by atoms with Gasteiger partial charge in [0.2, 0.25) is 10.0 Å². The first-order valence-corrected chi connectivity index (χ1v) is 11.2. The maximum atomic E-state index is 13.5. The second-order valence-corrected chi connectivity index (χ2v) is 9.38. The quantitative estimate of drug-likeness (QED) is 0.750. The molecule has 0 radical (unpaired) electrons. The molecular formula is C20H26N2O6S. The number of hydrogen-bond donors (Lipinski definition) is 0. The van der Waals surface area contributed by atoms with Gasteiger partial charge in [0.25, 0.3) is 5.91 Å². The molecule has 0 aliphatic carbocycles. The van der Waals surface area contributed by atoms with Gasteiger partial charge in [0, 0.05) is 37.1 Å². The normalized spacial score (nSPS) is 19.1. The zero-order valence-electron chi connectivity index (χ0n) is 17.0. The number of sulfonamides is 1. The van der Waals surface area contributed by atoms with Crippen LogP contribution < -0.4 is 0 Å². The van der Waals surface area contributed by atoms with Crippen LogP contribution in [0.25, 0.3) is 11.0 Å². The highest BCUT2D eigenvalue weighted by Gasteiger charge is 2.34. The van der Waals surface area contributed by atoms with Gasteiger partial charge in [-0.2, -0.15) is 4.31 Å². The number of aryl methyl sites for hydroxylation is 2. The Labute approximate surface area is 170 Å². The molecular weight excluding hydrogens is 396 g/mol.